The van der Waals surface area contributed by atoms with Crippen molar-refractivity contribution in [3.8, 4) is 0 Å². The normalized spacial score (nSPS) is 15.8. The summed E-state index contributed by atoms with van der Waals surface area (Å²) < 4.78 is 1.31. The van der Waals surface area contributed by atoms with Crippen LogP contribution >= 0.6 is 11.3 Å². The van der Waals surface area contributed by atoms with Crippen LogP contribution in [0, 0.1) is 5.92 Å². The fraction of sp³-hybridized carbons (Fsp3) is 0.462. The van der Waals surface area contributed by atoms with Gasteiger partial charge in [-0.05, 0) is 37.4 Å². The van der Waals surface area contributed by atoms with Gasteiger partial charge in [0.15, 0.2) is 0 Å². The number of hydrogen-bond donors (Lipinski definition) is 1. The summed E-state index contributed by atoms with van der Waals surface area (Å²) in [5, 5.41) is 4.76. The van der Waals surface area contributed by atoms with Crippen molar-refractivity contribution in [2.24, 2.45) is 5.92 Å². The fourth-order valence-electron chi connectivity index (χ4n) is 1.85. The lowest BCUT2D eigenvalue weighted by Crippen LogP contribution is -2.19. The van der Waals surface area contributed by atoms with Gasteiger partial charge in [0.2, 0.25) is 0 Å². The monoisotopic (exact) mass is 232 g/mol. The Kier molecular flexibility index (Phi) is 2.89. The number of aromatic nitrogens is 1. The number of rotatable bonds is 5. The van der Waals surface area contributed by atoms with E-state index in [1.807, 2.05) is 11.3 Å². The standard InChI is InChI=1S/C13H16N2S/c1-2-4-12-11(3-1)15-13(16-12)7-8-14-9-10-5-6-10/h1-4,10,14H,5-9H2. The Hall–Kier alpha value is -0.930. The van der Waals surface area contributed by atoms with E-state index in [-0.39, 0.29) is 0 Å². The van der Waals surface area contributed by atoms with Gasteiger partial charge in [0.25, 0.3) is 0 Å². The summed E-state index contributed by atoms with van der Waals surface area (Å²) in [4.78, 5) is 4.62. The fourth-order valence-corrected chi connectivity index (χ4v) is 2.82. The average Bonchev–Trinajstić information content (AvgIpc) is 3.03. The first-order valence-corrected chi connectivity index (χ1v) is 6.78. The number of hydrogen-bond acceptors (Lipinski definition) is 3. The topological polar surface area (TPSA) is 24.9 Å². The Labute approximate surface area is 99.7 Å². The molecule has 0 radical (unpaired) electrons. The van der Waals surface area contributed by atoms with Crippen LogP contribution in [0.2, 0.25) is 0 Å². The molecule has 1 fully saturated rings. The first kappa shape index (κ1) is 10.2. The second-order valence-electron chi connectivity index (χ2n) is 4.47. The average molecular weight is 232 g/mol. The SMILES string of the molecule is c1ccc2sc(CCNCC3CC3)nc2c1. The summed E-state index contributed by atoms with van der Waals surface area (Å²) in [6, 6.07) is 8.37. The van der Waals surface area contributed by atoms with Gasteiger partial charge in [-0.1, -0.05) is 12.1 Å². The van der Waals surface area contributed by atoms with Crippen LogP contribution < -0.4 is 5.32 Å². The molecule has 0 spiro atoms. The zero-order valence-electron chi connectivity index (χ0n) is 9.28. The molecular weight excluding hydrogens is 216 g/mol. The number of nitrogens with zero attached hydrogens (tertiary/aromatic N) is 1. The smallest absolute Gasteiger partial charge is 0.0951 e. The van der Waals surface area contributed by atoms with Crippen LogP contribution in [0.15, 0.2) is 24.3 Å². The molecule has 0 unspecified atom stereocenters. The van der Waals surface area contributed by atoms with Crippen LogP contribution in [0.4, 0.5) is 0 Å². The van der Waals surface area contributed by atoms with Crippen LogP contribution in [0.25, 0.3) is 10.2 Å². The molecule has 0 aliphatic heterocycles. The molecule has 1 heterocycles. The lowest BCUT2D eigenvalue weighted by Gasteiger charge is -2.00. The lowest BCUT2D eigenvalue weighted by molar-refractivity contribution is 0.637. The van der Waals surface area contributed by atoms with Crippen molar-refractivity contribution in [3.63, 3.8) is 0 Å². The Morgan fingerprint density at radius 2 is 2.19 bits per heavy atom. The molecule has 0 atom stereocenters. The van der Waals surface area contributed by atoms with E-state index >= 15 is 0 Å². The van der Waals surface area contributed by atoms with E-state index < -0.39 is 0 Å². The molecule has 3 heteroatoms. The molecule has 2 aromatic rings. The molecule has 1 aliphatic carbocycles. The van der Waals surface area contributed by atoms with E-state index in [9.17, 15) is 0 Å². The van der Waals surface area contributed by atoms with Crippen molar-refractivity contribution in [2.45, 2.75) is 19.3 Å². The molecule has 1 aromatic heterocycles. The first-order chi connectivity index (χ1) is 7.92. The summed E-state index contributed by atoms with van der Waals surface area (Å²) in [7, 11) is 0. The van der Waals surface area contributed by atoms with Crippen LogP contribution in [-0.2, 0) is 6.42 Å². The van der Waals surface area contributed by atoms with Gasteiger partial charge in [-0.3, -0.25) is 0 Å². The Morgan fingerprint density at radius 3 is 3.00 bits per heavy atom. The molecule has 1 aromatic carbocycles. The minimum absolute atomic E-state index is 0.968. The summed E-state index contributed by atoms with van der Waals surface area (Å²) in [5.74, 6) is 0.968. The predicted molar refractivity (Wildman–Crippen MR) is 68.9 cm³/mol. The molecule has 1 aliphatic rings. The highest BCUT2D eigenvalue weighted by molar-refractivity contribution is 7.18. The third-order valence-electron chi connectivity index (χ3n) is 2.98. The maximum absolute atomic E-state index is 4.62. The third-order valence-corrected chi connectivity index (χ3v) is 4.08. The summed E-state index contributed by atoms with van der Waals surface area (Å²) in [6.07, 6.45) is 3.91. The molecule has 84 valence electrons. The maximum atomic E-state index is 4.62. The van der Waals surface area contributed by atoms with Gasteiger partial charge in [-0.25, -0.2) is 4.98 Å². The number of para-hydroxylation sites is 1. The zero-order chi connectivity index (χ0) is 10.8. The number of nitrogens with one attached hydrogen (secondary N) is 1. The highest BCUT2D eigenvalue weighted by Gasteiger charge is 2.19. The molecule has 3 rings (SSSR count). The predicted octanol–water partition coefficient (Wildman–Crippen LogP) is 2.84. The Bertz CT molecular complexity index is 440. The lowest BCUT2D eigenvalue weighted by atomic mass is 10.3. The van der Waals surface area contributed by atoms with Crippen molar-refractivity contribution in [1.82, 2.24) is 10.3 Å². The van der Waals surface area contributed by atoms with Gasteiger partial charge < -0.3 is 5.32 Å². The molecule has 1 N–H and O–H groups in total. The molecule has 2 nitrogen and oxygen atoms in total. The number of benzene rings is 1. The van der Waals surface area contributed by atoms with E-state index in [0.717, 1.165) is 24.4 Å². The minimum atomic E-state index is 0.968. The summed E-state index contributed by atoms with van der Waals surface area (Å²) in [5.41, 5.74) is 1.14. The highest BCUT2D eigenvalue weighted by atomic mass is 32.1. The Morgan fingerprint density at radius 1 is 1.31 bits per heavy atom. The van der Waals surface area contributed by atoms with Crippen molar-refractivity contribution in [2.75, 3.05) is 13.1 Å². The van der Waals surface area contributed by atoms with Crippen molar-refractivity contribution in [1.29, 1.82) is 0 Å². The van der Waals surface area contributed by atoms with E-state index in [1.165, 1.54) is 29.1 Å². The van der Waals surface area contributed by atoms with Gasteiger partial charge in [0.1, 0.15) is 0 Å². The molecular formula is C13H16N2S. The van der Waals surface area contributed by atoms with E-state index in [2.05, 4.69) is 34.6 Å². The zero-order valence-corrected chi connectivity index (χ0v) is 10.1. The Balaban J connectivity index is 1.56. The third kappa shape index (κ3) is 2.42. The first-order valence-electron chi connectivity index (χ1n) is 5.97. The largest absolute Gasteiger partial charge is 0.316 e. The molecule has 0 saturated heterocycles. The quantitative estimate of drug-likeness (QED) is 0.802. The van der Waals surface area contributed by atoms with Gasteiger partial charge in [0, 0.05) is 13.0 Å². The van der Waals surface area contributed by atoms with Crippen molar-refractivity contribution < 1.29 is 0 Å². The minimum Gasteiger partial charge on any atom is -0.316 e. The van der Waals surface area contributed by atoms with Crippen molar-refractivity contribution >= 4 is 21.6 Å². The van der Waals surface area contributed by atoms with E-state index in [0.29, 0.717) is 0 Å². The molecule has 0 amide bonds. The van der Waals surface area contributed by atoms with E-state index in [4.69, 9.17) is 0 Å². The second-order valence-corrected chi connectivity index (χ2v) is 5.59. The summed E-state index contributed by atoms with van der Waals surface area (Å²) in [6.45, 7) is 2.27. The van der Waals surface area contributed by atoms with Crippen LogP contribution in [-0.4, -0.2) is 18.1 Å². The molecule has 1 saturated carbocycles. The van der Waals surface area contributed by atoms with Gasteiger partial charge in [-0.15, -0.1) is 11.3 Å². The number of fused-ring (bicyclic) bond motifs is 1. The molecule has 16 heavy (non-hydrogen) atoms. The van der Waals surface area contributed by atoms with Gasteiger partial charge in [-0.2, -0.15) is 0 Å². The molecule has 0 bridgehead atoms. The van der Waals surface area contributed by atoms with E-state index in [1.54, 1.807) is 0 Å². The van der Waals surface area contributed by atoms with Gasteiger partial charge >= 0.3 is 0 Å². The van der Waals surface area contributed by atoms with Gasteiger partial charge in [0.05, 0.1) is 15.2 Å². The summed E-state index contributed by atoms with van der Waals surface area (Å²) >= 11 is 1.82. The van der Waals surface area contributed by atoms with Crippen LogP contribution in [0.1, 0.15) is 17.8 Å². The highest BCUT2D eigenvalue weighted by Crippen LogP contribution is 2.27. The van der Waals surface area contributed by atoms with Crippen LogP contribution in [0.5, 0.6) is 0 Å². The second kappa shape index (κ2) is 4.52. The van der Waals surface area contributed by atoms with Crippen LogP contribution in [0.3, 0.4) is 0 Å². The van der Waals surface area contributed by atoms with Crippen molar-refractivity contribution in [3.05, 3.63) is 29.3 Å². The number of thiazole rings is 1. The maximum Gasteiger partial charge on any atom is 0.0951 e.